The van der Waals surface area contributed by atoms with Crippen LogP contribution in [-0.2, 0) is 4.74 Å². The van der Waals surface area contributed by atoms with Gasteiger partial charge in [0.2, 0.25) is 0 Å². The first-order valence-corrected chi connectivity index (χ1v) is 9.35. The fourth-order valence-corrected chi connectivity index (χ4v) is 3.73. The van der Waals surface area contributed by atoms with Crippen LogP contribution >= 0.6 is 11.3 Å². The number of aromatic nitrogens is 1. The lowest BCUT2D eigenvalue weighted by molar-refractivity contribution is 0.146. The van der Waals surface area contributed by atoms with Crippen LogP contribution in [-0.4, -0.2) is 42.8 Å². The summed E-state index contributed by atoms with van der Waals surface area (Å²) in [6, 6.07) is 7.41. The number of ether oxygens (including phenoxy) is 2. The number of hydrogen-bond donors (Lipinski definition) is 1. The molecule has 1 aliphatic heterocycles. The zero-order valence-electron chi connectivity index (χ0n) is 14.3. The molecule has 1 aliphatic rings. The third kappa shape index (κ3) is 4.49. The maximum atomic E-state index is 12.9. The summed E-state index contributed by atoms with van der Waals surface area (Å²) < 4.78 is 10.7. The number of nitrogens with zero attached hydrogens (tertiary/aromatic N) is 2. The molecule has 2 aromatic rings. The Morgan fingerprint density at radius 2 is 2.24 bits per heavy atom. The molecule has 1 aromatic carbocycles. The Bertz CT molecular complexity index is 678. The van der Waals surface area contributed by atoms with E-state index in [0.717, 1.165) is 30.8 Å². The molecule has 0 spiro atoms. The van der Waals surface area contributed by atoms with Crippen molar-refractivity contribution in [3.05, 3.63) is 40.8 Å². The van der Waals surface area contributed by atoms with E-state index in [1.165, 1.54) is 0 Å². The van der Waals surface area contributed by atoms with Crippen LogP contribution in [0.3, 0.4) is 0 Å². The monoisotopic (exact) mass is 361 g/mol. The SMILES string of the molecule is COCCOc1ccccc1NC(=O)N1CCCC[C@H]1c1nccs1. The van der Waals surface area contributed by atoms with Crippen LogP contribution in [0.25, 0.3) is 0 Å². The molecule has 6 nitrogen and oxygen atoms in total. The number of piperidine rings is 1. The molecule has 0 unspecified atom stereocenters. The second-order valence-electron chi connectivity index (χ2n) is 5.84. The molecular formula is C18H23N3O3S. The number of hydrogen-bond acceptors (Lipinski definition) is 5. The molecule has 3 rings (SSSR count). The first kappa shape index (κ1) is 17.7. The van der Waals surface area contributed by atoms with Crippen LogP contribution < -0.4 is 10.1 Å². The normalized spacial score (nSPS) is 17.3. The zero-order valence-corrected chi connectivity index (χ0v) is 15.1. The number of likely N-dealkylation sites (tertiary alicyclic amines) is 1. The molecule has 1 saturated heterocycles. The number of benzene rings is 1. The predicted molar refractivity (Wildman–Crippen MR) is 98.2 cm³/mol. The smallest absolute Gasteiger partial charge is 0.322 e. The van der Waals surface area contributed by atoms with E-state index in [4.69, 9.17) is 9.47 Å². The van der Waals surface area contributed by atoms with Crippen molar-refractivity contribution >= 4 is 23.1 Å². The van der Waals surface area contributed by atoms with Gasteiger partial charge in [0, 0.05) is 25.2 Å². The Kier molecular flexibility index (Phi) is 6.25. The number of amides is 2. The number of urea groups is 1. The zero-order chi connectivity index (χ0) is 17.5. The summed E-state index contributed by atoms with van der Waals surface area (Å²) in [7, 11) is 1.63. The van der Waals surface area contributed by atoms with Gasteiger partial charge in [-0.05, 0) is 31.4 Å². The van der Waals surface area contributed by atoms with Crippen molar-refractivity contribution in [3.63, 3.8) is 0 Å². The van der Waals surface area contributed by atoms with Crippen molar-refractivity contribution in [1.29, 1.82) is 0 Å². The van der Waals surface area contributed by atoms with Gasteiger partial charge in [-0.3, -0.25) is 0 Å². The van der Waals surface area contributed by atoms with Gasteiger partial charge in [0.1, 0.15) is 17.4 Å². The van der Waals surface area contributed by atoms with Crippen molar-refractivity contribution in [2.24, 2.45) is 0 Å². The van der Waals surface area contributed by atoms with Crippen molar-refractivity contribution < 1.29 is 14.3 Å². The van der Waals surface area contributed by atoms with E-state index in [-0.39, 0.29) is 12.1 Å². The molecule has 1 fully saturated rings. The Balaban J connectivity index is 1.70. The Labute approximate surface area is 151 Å². The summed E-state index contributed by atoms with van der Waals surface area (Å²) in [4.78, 5) is 19.2. The lowest BCUT2D eigenvalue weighted by Crippen LogP contribution is -2.41. The number of nitrogens with one attached hydrogen (secondary N) is 1. The minimum absolute atomic E-state index is 0.0512. The van der Waals surface area contributed by atoms with Gasteiger partial charge in [0.05, 0.1) is 18.3 Å². The minimum atomic E-state index is -0.109. The van der Waals surface area contributed by atoms with Gasteiger partial charge in [-0.25, -0.2) is 9.78 Å². The number of anilines is 1. The largest absolute Gasteiger partial charge is 0.489 e. The Morgan fingerprint density at radius 3 is 3.04 bits per heavy atom. The van der Waals surface area contributed by atoms with Crippen LogP contribution in [0.2, 0.25) is 0 Å². The highest BCUT2D eigenvalue weighted by Gasteiger charge is 2.30. The molecule has 1 N–H and O–H groups in total. The summed E-state index contributed by atoms with van der Waals surface area (Å²) >= 11 is 1.60. The number of thiazole rings is 1. The van der Waals surface area contributed by atoms with Gasteiger partial charge >= 0.3 is 6.03 Å². The van der Waals surface area contributed by atoms with Crippen molar-refractivity contribution in [1.82, 2.24) is 9.88 Å². The topological polar surface area (TPSA) is 63.7 Å². The van der Waals surface area contributed by atoms with Gasteiger partial charge in [-0.2, -0.15) is 0 Å². The van der Waals surface area contributed by atoms with E-state index in [9.17, 15) is 4.79 Å². The third-order valence-corrected chi connectivity index (χ3v) is 5.05. The summed E-state index contributed by atoms with van der Waals surface area (Å²) in [6.07, 6.45) is 4.88. The summed E-state index contributed by atoms with van der Waals surface area (Å²) in [5.41, 5.74) is 0.673. The minimum Gasteiger partial charge on any atom is -0.489 e. The molecule has 0 radical (unpaired) electrons. The lowest BCUT2D eigenvalue weighted by atomic mass is 10.0. The lowest BCUT2D eigenvalue weighted by Gasteiger charge is -2.34. The van der Waals surface area contributed by atoms with Crippen LogP contribution in [0.15, 0.2) is 35.8 Å². The Hall–Kier alpha value is -2.12. The number of carbonyl (C=O) groups is 1. The van der Waals surface area contributed by atoms with E-state index in [1.807, 2.05) is 34.5 Å². The predicted octanol–water partition coefficient (Wildman–Crippen LogP) is 3.93. The highest BCUT2D eigenvalue weighted by Crippen LogP contribution is 2.33. The number of carbonyl (C=O) groups excluding carboxylic acids is 1. The molecule has 7 heteroatoms. The molecule has 1 aromatic heterocycles. The molecule has 0 bridgehead atoms. The second kappa shape index (κ2) is 8.82. The number of para-hydroxylation sites is 2. The van der Waals surface area contributed by atoms with E-state index in [0.29, 0.717) is 24.7 Å². The molecule has 1 atom stereocenters. The van der Waals surface area contributed by atoms with Crippen molar-refractivity contribution in [2.45, 2.75) is 25.3 Å². The maximum absolute atomic E-state index is 12.9. The van der Waals surface area contributed by atoms with Gasteiger partial charge < -0.3 is 19.7 Å². The Morgan fingerprint density at radius 1 is 1.36 bits per heavy atom. The summed E-state index contributed by atoms with van der Waals surface area (Å²) in [5.74, 6) is 0.649. The quantitative estimate of drug-likeness (QED) is 0.792. The molecule has 0 aliphatic carbocycles. The molecule has 2 amide bonds. The van der Waals surface area contributed by atoms with Crippen LogP contribution in [0, 0.1) is 0 Å². The highest BCUT2D eigenvalue weighted by molar-refractivity contribution is 7.09. The average Bonchev–Trinajstić information content (AvgIpc) is 3.18. The maximum Gasteiger partial charge on any atom is 0.322 e. The van der Waals surface area contributed by atoms with E-state index < -0.39 is 0 Å². The van der Waals surface area contributed by atoms with Crippen molar-refractivity contribution in [3.8, 4) is 5.75 Å². The first-order valence-electron chi connectivity index (χ1n) is 8.47. The fourth-order valence-electron chi connectivity index (χ4n) is 2.95. The molecule has 25 heavy (non-hydrogen) atoms. The van der Waals surface area contributed by atoms with Gasteiger partial charge in [0.25, 0.3) is 0 Å². The number of methoxy groups -OCH3 is 1. The van der Waals surface area contributed by atoms with Gasteiger partial charge in [-0.1, -0.05) is 12.1 Å². The van der Waals surface area contributed by atoms with Gasteiger partial charge in [-0.15, -0.1) is 11.3 Å². The third-order valence-electron chi connectivity index (χ3n) is 4.17. The van der Waals surface area contributed by atoms with E-state index in [1.54, 1.807) is 24.6 Å². The molecular weight excluding hydrogens is 338 g/mol. The highest BCUT2D eigenvalue weighted by atomic mass is 32.1. The van der Waals surface area contributed by atoms with E-state index >= 15 is 0 Å². The second-order valence-corrected chi connectivity index (χ2v) is 6.77. The van der Waals surface area contributed by atoms with Crippen LogP contribution in [0.1, 0.15) is 30.3 Å². The summed E-state index contributed by atoms with van der Waals surface area (Å²) in [5, 5.41) is 5.95. The van der Waals surface area contributed by atoms with Gasteiger partial charge in [0.15, 0.2) is 0 Å². The van der Waals surface area contributed by atoms with Crippen LogP contribution in [0.4, 0.5) is 10.5 Å². The number of rotatable bonds is 6. The molecule has 2 heterocycles. The summed E-state index contributed by atoms with van der Waals surface area (Å²) in [6.45, 7) is 1.68. The standard InChI is InChI=1S/C18H23N3O3S/c1-23-11-12-24-16-8-3-2-6-14(16)20-18(22)21-10-5-4-7-15(21)17-19-9-13-25-17/h2-3,6,8-9,13,15H,4-5,7,10-12H2,1H3,(H,20,22)/t15-/m0/s1. The van der Waals surface area contributed by atoms with E-state index in [2.05, 4.69) is 10.3 Å². The average molecular weight is 361 g/mol. The molecule has 0 saturated carbocycles. The fraction of sp³-hybridized carbons (Fsp3) is 0.444. The molecule has 134 valence electrons. The van der Waals surface area contributed by atoms with Crippen LogP contribution in [0.5, 0.6) is 5.75 Å². The van der Waals surface area contributed by atoms with Crippen molar-refractivity contribution in [2.75, 3.05) is 32.2 Å². The first-order chi connectivity index (χ1) is 12.3.